The van der Waals surface area contributed by atoms with Crippen molar-refractivity contribution in [3.63, 3.8) is 0 Å². The standard InChI is InChI=1S/C19H35NO5.Ca/c1-2-3-4-5-6-7-8-9-10-11-12-13-17(21)20-16(19(24)25)14-15-18(22)23;/h16H,2-15H2,1H3,(H,20,21)(H,22,23)(H,24,25);/q;+2/p-2/t16-;/m1./s1. The Balaban J connectivity index is 0. The molecule has 0 saturated heterocycles. The molecule has 0 spiro atoms. The van der Waals surface area contributed by atoms with Crippen molar-refractivity contribution >= 4 is 55.6 Å². The molecule has 0 radical (unpaired) electrons. The second kappa shape index (κ2) is 19.4. The van der Waals surface area contributed by atoms with Gasteiger partial charge in [-0.2, -0.15) is 0 Å². The van der Waals surface area contributed by atoms with E-state index in [0.29, 0.717) is 6.42 Å². The van der Waals surface area contributed by atoms with Crippen LogP contribution in [0.15, 0.2) is 0 Å². The maximum absolute atomic E-state index is 11.7. The molecule has 0 fully saturated rings. The second-order valence-corrected chi connectivity index (χ2v) is 6.64. The van der Waals surface area contributed by atoms with Crippen LogP contribution in [0.25, 0.3) is 0 Å². The number of carboxylic acid groups (broad SMARTS) is 2. The summed E-state index contributed by atoms with van der Waals surface area (Å²) in [4.78, 5) is 32.9. The van der Waals surface area contributed by atoms with Crippen LogP contribution in [0.4, 0.5) is 0 Å². The van der Waals surface area contributed by atoms with Gasteiger partial charge in [-0.25, -0.2) is 0 Å². The van der Waals surface area contributed by atoms with Gasteiger partial charge in [-0.15, -0.1) is 0 Å². The molecule has 0 rings (SSSR count). The molecule has 0 saturated carbocycles. The van der Waals surface area contributed by atoms with Crippen molar-refractivity contribution in [1.29, 1.82) is 0 Å². The molecular formula is C19H33CaNO5. The van der Waals surface area contributed by atoms with E-state index in [0.717, 1.165) is 12.8 Å². The summed E-state index contributed by atoms with van der Waals surface area (Å²) in [6.07, 6.45) is 12.6. The number of hydrogen-bond acceptors (Lipinski definition) is 5. The fraction of sp³-hybridized carbons (Fsp3) is 0.842. The minimum Gasteiger partial charge on any atom is -0.550 e. The summed E-state index contributed by atoms with van der Waals surface area (Å²) < 4.78 is 0. The van der Waals surface area contributed by atoms with Crippen LogP contribution < -0.4 is 15.5 Å². The molecule has 0 unspecified atom stereocenters. The van der Waals surface area contributed by atoms with Crippen LogP contribution in [0.5, 0.6) is 0 Å². The zero-order valence-electron chi connectivity index (χ0n) is 16.2. The van der Waals surface area contributed by atoms with Gasteiger partial charge in [0.15, 0.2) is 0 Å². The Kier molecular flexibility index (Phi) is 20.8. The third kappa shape index (κ3) is 18.5. The molecule has 0 aromatic carbocycles. The summed E-state index contributed by atoms with van der Waals surface area (Å²) in [5, 5.41) is 23.5. The second-order valence-electron chi connectivity index (χ2n) is 6.64. The molecule has 0 aliphatic rings. The van der Waals surface area contributed by atoms with Gasteiger partial charge in [-0.05, 0) is 19.3 Å². The first-order valence-corrected chi connectivity index (χ1v) is 9.67. The normalized spacial score (nSPS) is 11.4. The summed E-state index contributed by atoms with van der Waals surface area (Å²) in [6.45, 7) is 2.21. The molecule has 0 aromatic heterocycles. The van der Waals surface area contributed by atoms with Gasteiger partial charge in [-0.1, -0.05) is 71.1 Å². The Morgan fingerprint density at radius 3 is 1.65 bits per heavy atom. The van der Waals surface area contributed by atoms with Gasteiger partial charge in [0, 0.05) is 12.4 Å². The van der Waals surface area contributed by atoms with E-state index in [1.807, 2.05) is 0 Å². The predicted molar refractivity (Wildman–Crippen MR) is 98.0 cm³/mol. The van der Waals surface area contributed by atoms with Crippen LogP contribution in [-0.4, -0.2) is 61.6 Å². The molecule has 1 atom stereocenters. The van der Waals surface area contributed by atoms with E-state index >= 15 is 0 Å². The van der Waals surface area contributed by atoms with Gasteiger partial charge in [0.1, 0.15) is 0 Å². The zero-order chi connectivity index (χ0) is 18.9. The van der Waals surface area contributed by atoms with Gasteiger partial charge in [0.05, 0.1) is 12.0 Å². The van der Waals surface area contributed by atoms with Crippen molar-refractivity contribution in [2.75, 3.05) is 0 Å². The Morgan fingerprint density at radius 1 is 0.769 bits per heavy atom. The zero-order valence-corrected chi connectivity index (χ0v) is 18.4. The number of carbonyl (C=O) groups is 3. The molecule has 0 heterocycles. The minimum absolute atomic E-state index is 0. The van der Waals surface area contributed by atoms with E-state index in [4.69, 9.17) is 0 Å². The largest absolute Gasteiger partial charge is 2.00 e. The summed E-state index contributed by atoms with van der Waals surface area (Å²) >= 11 is 0. The average molecular weight is 396 g/mol. The molecule has 0 aliphatic carbocycles. The van der Waals surface area contributed by atoms with E-state index in [-0.39, 0.29) is 56.5 Å². The van der Waals surface area contributed by atoms with Crippen molar-refractivity contribution in [3.8, 4) is 0 Å². The van der Waals surface area contributed by atoms with Crippen molar-refractivity contribution in [3.05, 3.63) is 0 Å². The van der Waals surface area contributed by atoms with Crippen molar-refractivity contribution in [2.45, 2.75) is 103 Å². The van der Waals surface area contributed by atoms with E-state index in [1.54, 1.807) is 0 Å². The van der Waals surface area contributed by atoms with Crippen molar-refractivity contribution in [1.82, 2.24) is 5.32 Å². The maximum atomic E-state index is 11.7. The molecular weight excluding hydrogens is 362 g/mol. The number of amides is 1. The molecule has 1 N–H and O–H groups in total. The van der Waals surface area contributed by atoms with Gasteiger partial charge < -0.3 is 25.1 Å². The molecule has 7 heteroatoms. The number of hydrogen-bond donors (Lipinski definition) is 1. The van der Waals surface area contributed by atoms with Crippen molar-refractivity contribution < 1.29 is 24.6 Å². The number of unbranched alkanes of at least 4 members (excludes halogenated alkanes) is 10. The van der Waals surface area contributed by atoms with Crippen LogP contribution in [0.1, 0.15) is 96.8 Å². The van der Waals surface area contributed by atoms with Crippen LogP contribution in [0, 0.1) is 0 Å². The third-order valence-corrected chi connectivity index (χ3v) is 4.26. The molecule has 1 amide bonds. The number of carboxylic acids is 2. The molecule has 6 nitrogen and oxygen atoms in total. The van der Waals surface area contributed by atoms with E-state index in [2.05, 4.69) is 12.2 Å². The van der Waals surface area contributed by atoms with E-state index in [9.17, 15) is 24.6 Å². The fourth-order valence-corrected chi connectivity index (χ4v) is 2.73. The Bertz CT molecular complexity index is 390. The van der Waals surface area contributed by atoms with Crippen LogP contribution in [0.3, 0.4) is 0 Å². The van der Waals surface area contributed by atoms with Crippen molar-refractivity contribution in [2.24, 2.45) is 0 Å². The smallest absolute Gasteiger partial charge is 0.550 e. The topological polar surface area (TPSA) is 109 Å². The van der Waals surface area contributed by atoms with Gasteiger partial charge in [0.2, 0.25) is 5.91 Å². The van der Waals surface area contributed by atoms with E-state index in [1.165, 1.54) is 51.4 Å². The molecule has 0 bridgehead atoms. The summed E-state index contributed by atoms with van der Waals surface area (Å²) in [5.41, 5.74) is 0. The van der Waals surface area contributed by atoms with Crippen LogP contribution in [-0.2, 0) is 14.4 Å². The minimum atomic E-state index is -1.46. The first-order chi connectivity index (χ1) is 12.0. The first-order valence-electron chi connectivity index (χ1n) is 9.67. The van der Waals surface area contributed by atoms with Gasteiger partial charge in [0.25, 0.3) is 0 Å². The van der Waals surface area contributed by atoms with E-state index < -0.39 is 24.4 Å². The number of nitrogens with one attached hydrogen (secondary N) is 1. The summed E-state index contributed by atoms with van der Waals surface area (Å²) in [5.74, 6) is -3.18. The fourth-order valence-electron chi connectivity index (χ4n) is 2.73. The summed E-state index contributed by atoms with van der Waals surface area (Å²) in [7, 11) is 0. The van der Waals surface area contributed by atoms with Crippen LogP contribution in [0.2, 0.25) is 0 Å². The number of carbonyl (C=O) groups excluding carboxylic acids is 3. The quantitative estimate of drug-likeness (QED) is 0.293. The molecule has 0 aliphatic heterocycles. The van der Waals surface area contributed by atoms with Gasteiger partial charge >= 0.3 is 37.7 Å². The third-order valence-electron chi connectivity index (χ3n) is 4.26. The predicted octanol–water partition coefficient (Wildman–Crippen LogP) is 1.07. The SMILES string of the molecule is CCCCCCCCCCCCCC(=O)N[C@H](CCC(=O)[O-])C(=O)[O-].[Ca+2]. The average Bonchev–Trinajstić information content (AvgIpc) is 2.56. The maximum Gasteiger partial charge on any atom is 2.00 e. The first kappa shape index (κ1) is 27.9. The Morgan fingerprint density at radius 2 is 1.23 bits per heavy atom. The van der Waals surface area contributed by atoms with Crippen LogP contribution >= 0.6 is 0 Å². The number of aliphatic carboxylic acids is 2. The Labute approximate surface area is 187 Å². The monoisotopic (exact) mass is 395 g/mol. The van der Waals surface area contributed by atoms with Gasteiger partial charge in [-0.3, -0.25) is 4.79 Å². The summed E-state index contributed by atoms with van der Waals surface area (Å²) in [6, 6.07) is -1.27. The number of rotatable bonds is 17. The molecule has 0 aromatic rings. The molecule has 146 valence electrons. The molecule has 26 heavy (non-hydrogen) atoms. The Hall–Kier alpha value is -0.330.